The van der Waals surface area contributed by atoms with E-state index in [-0.39, 0.29) is 0 Å². The fourth-order valence-electron chi connectivity index (χ4n) is 1.46. The quantitative estimate of drug-likeness (QED) is 0.915. The lowest BCUT2D eigenvalue weighted by Crippen LogP contribution is -2.07. The minimum absolute atomic E-state index is 0.393. The van der Waals surface area contributed by atoms with Crippen molar-refractivity contribution in [2.45, 2.75) is 6.10 Å². The van der Waals surface area contributed by atoms with Crippen LogP contribution in [0.3, 0.4) is 0 Å². The summed E-state index contributed by atoms with van der Waals surface area (Å²) in [5, 5.41) is 14.1. The van der Waals surface area contributed by atoms with E-state index >= 15 is 0 Å². The lowest BCUT2D eigenvalue weighted by molar-refractivity contribution is 0.208. The van der Waals surface area contributed by atoms with E-state index in [1.54, 1.807) is 13.2 Å². The Morgan fingerprint density at radius 3 is 2.75 bits per heavy atom. The van der Waals surface area contributed by atoms with Crippen LogP contribution in [0.4, 0.5) is 4.39 Å². The molecular weight excluding hydrogens is 277 g/mol. The molecule has 2 heterocycles. The third kappa shape index (κ3) is 1.98. The van der Waals surface area contributed by atoms with E-state index in [2.05, 4.69) is 26.0 Å². The van der Waals surface area contributed by atoms with Gasteiger partial charge in [-0.25, -0.2) is 4.39 Å². The van der Waals surface area contributed by atoms with Crippen LogP contribution in [-0.2, 0) is 7.05 Å². The van der Waals surface area contributed by atoms with Gasteiger partial charge in [-0.1, -0.05) is 0 Å². The lowest BCUT2D eigenvalue weighted by atomic mass is 10.1. The van der Waals surface area contributed by atoms with E-state index in [0.717, 1.165) is 6.20 Å². The first-order valence-electron chi connectivity index (χ1n) is 4.55. The van der Waals surface area contributed by atoms with Gasteiger partial charge in [-0.2, -0.15) is 5.10 Å². The molecule has 2 aromatic rings. The SMILES string of the molecule is Cn1ncc(Br)c1C(O)c1cncc(F)c1. The summed E-state index contributed by atoms with van der Waals surface area (Å²) in [6, 6.07) is 1.25. The van der Waals surface area contributed by atoms with Crippen LogP contribution in [0.2, 0.25) is 0 Å². The summed E-state index contributed by atoms with van der Waals surface area (Å²) in [6.07, 6.45) is 3.14. The molecule has 0 aromatic carbocycles. The van der Waals surface area contributed by atoms with Crippen LogP contribution in [-0.4, -0.2) is 19.9 Å². The molecule has 1 unspecified atom stereocenters. The van der Waals surface area contributed by atoms with Gasteiger partial charge in [0.15, 0.2) is 0 Å². The first-order chi connectivity index (χ1) is 7.59. The standard InChI is InChI=1S/C10H9BrFN3O/c1-15-9(8(11)5-14-15)10(16)6-2-7(12)4-13-3-6/h2-5,10,16H,1H3. The predicted octanol–water partition coefficient (Wildman–Crippen LogP) is 1.80. The minimum Gasteiger partial charge on any atom is -0.382 e. The molecule has 2 rings (SSSR count). The van der Waals surface area contributed by atoms with Crippen LogP contribution in [0.5, 0.6) is 0 Å². The van der Waals surface area contributed by atoms with Crippen molar-refractivity contribution in [1.82, 2.24) is 14.8 Å². The second kappa shape index (κ2) is 4.31. The zero-order valence-corrected chi connectivity index (χ0v) is 10.0. The van der Waals surface area contributed by atoms with Crippen molar-refractivity contribution in [1.29, 1.82) is 0 Å². The highest BCUT2D eigenvalue weighted by Gasteiger charge is 2.18. The third-order valence-electron chi connectivity index (χ3n) is 2.24. The Balaban J connectivity index is 2.43. The number of hydrogen-bond donors (Lipinski definition) is 1. The van der Waals surface area contributed by atoms with Crippen molar-refractivity contribution in [2.24, 2.45) is 7.05 Å². The van der Waals surface area contributed by atoms with E-state index < -0.39 is 11.9 Å². The van der Waals surface area contributed by atoms with Gasteiger partial charge >= 0.3 is 0 Å². The molecule has 0 fully saturated rings. The highest BCUT2D eigenvalue weighted by molar-refractivity contribution is 9.10. The van der Waals surface area contributed by atoms with E-state index in [1.807, 2.05) is 0 Å². The van der Waals surface area contributed by atoms with Crippen molar-refractivity contribution in [3.05, 3.63) is 46.2 Å². The summed E-state index contributed by atoms with van der Waals surface area (Å²) in [6.45, 7) is 0. The van der Waals surface area contributed by atoms with Crippen LogP contribution in [0.25, 0.3) is 0 Å². The maximum atomic E-state index is 13.0. The van der Waals surface area contributed by atoms with Gasteiger partial charge in [-0.3, -0.25) is 9.67 Å². The molecule has 4 nitrogen and oxygen atoms in total. The fraction of sp³-hybridized carbons (Fsp3) is 0.200. The molecule has 84 valence electrons. The van der Waals surface area contributed by atoms with E-state index in [4.69, 9.17) is 0 Å². The van der Waals surface area contributed by atoms with Crippen molar-refractivity contribution in [2.75, 3.05) is 0 Å². The van der Waals surface area contributed by atoms with Crippen molar-refractivity contribution in [3.8, 4) is 0 Å². The lowest BCUT2D eigenvalue weighted by Gasteiger charge is -2.11. The maximum Gasteiger partial charge on any atom is 0.141 e. The van der Waals surface area contributed by atoms with Gasteiger partial charge in [0.2, 0.25) is 0 Å². The van der Waals surface area contributed by atoms with Crippen LogP contribution in [0.1, 0.15) is 17.4 Å². The molecule has 1 atom stereocenters. The van der Waals surface area contributed by atoms with Crippen LogP contribution in [0.15, 0.2) is 29.1 Å². The molecule has 0 aliphatic carbocycles. The summed E-state index contributed by atoms with van der Waals surface area (Å²) < 4.78 is 15.2. The molecule has 0 aliphatic rings. The van der Waals surface area contributed by atoms with Gasteiger partial charge < -0.3 is 5.11 Å². The number of pyridine rings is 1. The minimum atomic E-state index is -0.954. The molecule has 0 spiro atoms. The van der Waals surface area contributed by atoms with Gasteiger partial charge in [0.25, 0.3) is 0 Å². The normalized spacial score (nSPS) is 12.8. The van der Waals surface area contributed by atoms with Crippen LogP contribution >= 0.6 is 15.9 Å². The Bertz CT molecular complexity index is 495. The summed E-state index contributed by atoms with van der Waals surface area (Å²) >= 11 is 3.28. The number of aromatic nitrogens is 3. The Labute approximate surface area is 99.9 Å². The summed E-state index contributed by atoms with van der Waals surface area (Å²) in [7, 11) is 1.70. The zero-order valence-electron chi connectivity index (χ0n) is 8.43. The van der Waals surface area contributed by atoms with Gasteiger partial charge in [-0.05, 0) is 22.0 Å². The molecule has 0 amide bonds. The van der Waals surface area contributed by atoms with E-state index in [9.17, 15) is 9.50 Å². The van der Waals surface area contributed by atoms with Crippen molar-refractivity contribution in [3.63, 3.8) is 0 Å². The second-order valence-corrected chi connectivity index (χ2v) is 4.19. The van der Waals surface area contributed by atoms with Crippen LogP contribution < -0.4 is 0 Å². The summed E-state index contributed by atoms with van der Waals surface area (Å²) in [5.41, 5.74) is 0.955. The second-order valence-electron chi connectivity index (χ2n) is 3.34. The van der Waals surface area contributed by atoms with Gasteiger partial charge in [-0.15, -0.1) is 0 Å². The van der Waals surface area contributed by atoms with Gasteiger partial charge in [0.05, 0.1) is 22.6 Å². The molecule has 16 heavy (non-hydrogen) atoms. The van der Waals surface area contributed by atoms with Gasteiger partial charge in [0.1, 0.15) is 11.9 Å². The average molecular weight is 286 g/mol. The highest BCUT2D eigenvalue weighted by atomic mass is 79.9. The fourth-order valence-corrected chi connectivity index (χ4v) is 2.03. The molecule has 6 heteroatoms. The molecule has 0 aliphatic heterocycles. The Morgan fingerprint density at radius 1 is 1.44 bits per heavy atom. The molecule has 0 radical (unpaired) electrons. The Kier molecular flexibility index (Phi) is 3.02. The molecule has 2 aromatic heterocycles. The molecule has 0 saturated carbocycles. The third-order valence-corrected chi connectivity index (χ3v) is 2.85. The molecule has 0 saturated heterocycles. The number of hydrogen-bond acceptors (Lipinski definition) is 3. The Morgan fingerprint density at radius 2 is 2.19 bits per heavy atom. The van der Waals surface area contributed by atoms with Crippen molar-refractivity contribution < 1.29 is 9.50 Å². The largest absolute Gasteiger partial charge is 0.382 e. The first kappa shape index (κ1) is 11.2. The van der Waals surface area contributed by atoms with E-state index in [1.165, 1.54) is 16.9 Å². The number of aliphatic hydroxyl groups is 1. The molecule has 1 N–H and O–H groups in total. The monoisotopic (exact) mass is 285 g/mol. The highest BCUT2D eigenvalue weighted by Crippen LogP contribution is 2.27. The van der Waals surface area contributed by atoms with Gasteiger partial charge in [0, 0.05) is 18.8 Å². The number of rotatable bonds is 2. The Hall–Kier alpha value is -1.27. The predicted molar refractivity (Wildman–Crippen MR) is 59.2 cm³/mol. The summed E-state index contributed by atoms with van der Waals surface area (Å²) in [5.74, 6) is -0.477. The summed E-state index contributed by atoms with van der Waals surface area (Å²) in [4.78, 5) is 3.69. The average Bonchev–Trinajstić information content (AvgIpc) is 2.58. The maximum absolute atomic E-state index is 13.0. The smallest absolute Gasteiger partial charge is 0.141 e. The molecular formula is C10H9BrFN3O. The van der Waals surface area contributed by atoms with Crippen LogP contribution in [0, 0.1) is 5.82 Å². The number of aryl methyl sites for hydroxylation is 1. The topological polar surface area (TPSA) is 50.9 Å². The number of halogens is 2. The number of aliphatic hydroxyl groups excluding tert-OH is 1. The molecule has 0 bridgehead atoms. The van der Waals surface area contributed by atoms with E-state index in [0.29, 0.717) is 15.7 Å². The zero-order chi connectivity index (χ0) is 11.7. The number of nitrogens with zero attached hydrogens (tertiary/aromatic N) is 3. The first-order valence-corrected chi connectivity index (χ1v) is 5.35. The van der Waals surface area contributed by atoms with Crippen molar-refractivity contribution >= 4 is 15.9 Å².